The van der Waals surface area contributed by atoms with E-state index < -0.39 is 12.6 Å². The summed E-state index contributed by atoms with van der Waals surface area (Å²) < 4.78 is 41.2. The lowest BCUT2D eigenvalue weighted by Gasteiger charge is -2.54. The van der Waals surface area contributed by atoms with Gasteiger partial charge in [-0.3, -0.25) is 4.90 Å². The minimum Gasteiger partial charge on any atom is -0.355 e. The summed E-state index contributed by atoms with van der Waals surface area (Å²) in [5.41, 5.74) is 12.2. The molecule has 7 rings (SSSR count). The standard InChI is InChI=1S/C35H40F3N7/c1-22-24(4-7-31-29(22)15-28(17-39)43-31)18-44-10-8-34(9-11-44)19-45(20-34)33-30-13-26(16-35(36,37)38)25(14-32(30)41-21-42-33)12-23-2-5-27(40)6-3-23/h4,7,13-15,21,23,27,43H,2-3,5-6,8-12,16,18-20,40H2,1H3. The van der Waals surface area contributed by atoms with Crippen LogP contribution in [-0.2, 0) is 19.4 Å². The molecule has 0 unspecified atom stereocenters. The molecule has 3 aliphatic rings. The molecule has 2 saturated heterocycles. The van der Waals surface area contributed by atoms with Gasteiger partial charge < -0.3 is 15.6 Å². The van der Waals surface area contributed by atoms with Crippen LogP contribution < -0.4 is 10.6 Å². The van der Waals surface area contributed by atoms with Crippen LogP contribution in [0.2, 0.25) is 0 Å². The second-order valence-electron chi connectivity index (χ2n) is 13.9. The molecule has 2 aromatic carbocycles. The zero-order valence-electron chi connectivity index (χ0n) is 25.8. The Morgan fingerprint density at radius 1 is 1.00 bits per heavy atom. The lowest BCUT2D eigenvalue weighted by atomic mass is 9.72. The number of benzene rings is 2. The van der Waals surface area contributed by atoms with Crippen LogP contribution in [0.15, 0.2) is 36.7 Å². The van der Waals surface area contributed by atoms with Crippen LogP contribution in [0.3, 0.4) is 0 Å². The number of likely N-dealkylation sites (tertiary alicyclic amines) is 1. The van der Waals surface area contributed by atoms with E-state index >= 15 is 0 Å². The molecule has 0 radical (unpaired) electrons. The average Bonchev–Trinajstić information content (AvgIpc) is 3.43. The Labute approximate surface area is 261 Å². The molecule has 1 aliphatic carbocycles. The SMILES string of the molecule is Cc1c(CN2CCC3(CC2)CN(c2ncnc4cc(CC5CCC(N)CC5)c(CC(F)(F)F)cc24)C3)ccc2[nH]c(C#N)cc12. The quantitative estimate of drug-likeness (QED) is 0.255. The van der Waals surface area contributed by atoms with E-state index in [1.165, 1.54) is 11.1 Å². The molecular formula is C35H40F3N7. The fourth-order valence-electron chi connectivity index (χ4n) is 7.98. The molecule has 45 heavy (non-hydrogen) atoms. The Bertz CT molecular complexity index is 1750. The van der Waals surface area contributed by atoms with Gasteiger partial charge in [0.1, 0.15) is 23.9 Å². The van der Waals surface area contributed by atoms with Gasteiger partial charge in [-0.25, -0.2) is 9.97 Å². The van der Waals surface area contributed by atoms with Crippen molar-refractivity contribution >= 4 is 27.6 Å². The van der Waals surface area contributed by atoms with E-state index in [9.17, 15) is 18.4 Å². The number of hydrogen-bond donors (Lipinski definition) is 2. The lowest BCUT2D eigenvalue weighted by Crippen LogP contribution is -2.60. The number of aryl methyl sites for hydroxylation is 1. The highest BCUT2D eigenvalue weighted by Crippen LogP contribution is 2.44. The van der Waals surface area contributed by atoms with E-state index in [0.29, 0.717) is 29.0 Å². The number of halogens is 3. The molecule has 236 valence electrons. The van der Waals surface area contributed by atoms with E-state index in [1.807, 2.05) is 12.1 Å². The average molecular weight is 616 g/mol. The summed E-state index contributed by atoms with van der Waals surface area (Å²) >= 11 is 0. The van der Waals surface area contributed by atoms with E-state index in [2.05, 4.69) is 49.9 Å². The highest BCUT2D eigenvalue weighted by atomic mass is 19.4. The first-order chi connectivity index (χ1) is 21.6. The van der Waals surface area contributed by atoms with Gasteiger partial charge in [0.15, 0.2) is 0 Å². The molecule has 3 fully saturated rings. The number of nitrogens with one attached hydrogen (secondary N) is 1. The number of rotatable bonds is 6. The summed E-state index contributed by atoms with van der Waals surface area (Å²) in [6.45, 7) is 6.72. The van der Waals surface area contributed by atoms with Gasteiger partial charge in [-0.05, 0) is 117 Å². The molecule has 2 aromatic heterocycles. The van der Waals surface area contributed by atoms with Gasteiger partial charge in [0.05, 0.1) is 11.9 Å². The molecule has 4 heterocycles. The zero-order chi connectivity index (χ0) is 31.3. The Hall–Kier alpha value is -3.68. The van der Waals surface area contributed by atoms with Gasteiger partial charge >= 0.3 is 6.18 Å². The van der Waals surface area contributed by atoms with Crippen molar-refractivity contribution in [3.63, 3.8) is 0 Å². The topological polar surface area (TPSA) is 97.9 Å². The number of alkyl halides is 3. The van der Waals surface area contributed by atoms with Crippen molar-refractivity contribution in [2.75, 3.05) is 31.1 Å². The smallest absolute Gasteiger partial charge is 0.355 e. The number of nitrogens with two attached hydrogens (primary N) is 1. The summed E-state index contributed by atoms with van der Waals surface area (Å²) in [5.74, 6) is 1.10. The Morgan fingerprint density at radius 2 is 1.76 bits per heavy atom. The van der Waals surface area contributed by atoms with Crippen LogP contribution in [0.25, 0.3) is 21.8 Å². The van der Waals surface area contributed by atoms with E-state index in [0.717, 1.165) is 99.0 Å². The second-order valence-corrected chi connectivity index (χ2v) is 13.9. The van der Waals surface area contributed by atoms with Crippen LogP contribution in [0.5, 0.6) is 0 Å². The van der Waals surface area contributed by atoms with Crippen LogP contribution in [0.1, 0.15) is 66.5 Å². The van der Waals surface area contributed by atoms with Crippen molar-refractivity contribution < 1.29 is 13.2 Å². The fourth-order valence-corrected chi connectivity index (χ4v) is 7.98. The Morgan fingerprint density at radius 3 is 2.47 bits per heavy atom. The van der Waals surface area contributed by atoms with Gasteiger partial charge in [-0.1, -0.05) is 6.07 Å². The third kappa shape index (κ3) is 6.12. The molecule has 0 bridgehead atoms. The summed E-state index contributed by atoms with van der Waals surface area (Å²) in [6.07, 6.45) is 2.90. The summed E-state index contributed by atoms with van der Waals surface area (Å²) in [7, 11) is 0. The number of fused-ring (bicyclic) bond motifs is 2. The van der Waals surface area contributed by atoms with Gasteiger partial charge in [0, 0.05) is 47.4 Å². The maximum Gasteiger partial charge on any atom is 0.393 e. The van der Waals surface area contributed by atoms with Crippen LogP contribution >= 0.6 is 0 Å². The van der Waals surface area contributed by atoms with Crippen LogP contribution in [0, 0.1) is 29.6 Å². The van der Waals surface area contributed by atoms with Crippen molar-refractivity contribution in [1.29, 1.82) is 5.26 Å². The van der Waals surface area contributed by atoms with E-state index in [4.69, 9.17) is 5.73 Å². The van der Waals surface area contributed by atoms with E-state index in [1.54, 1.807) is 12.4 Å². The lowest BCUT2D eigenvalue weighted by molar-refractivity contribution is -0.127. The van der Waals surface area contributed by atoms with Crippen molar-refractivity contribution in [3.05, 3.63) is 64.6 Å². The number of nitriles is 1. The largest absolute Gasteiger partial charge is 0.393 e. The van der Waals surface area contributed by atoms with Crippen LogP contribution in [-0.4, -0.2) is 58.2 Å². The predicted octanol–water partition coefficient (Wildman–Crippen LogP) is 6.56. The van der Waals surface area contributed by atoms with E-state index in [-0.39, 0.29) is 11.5 Å². The number of H-pyrrole nitrogens is 1. The Kier molecular flexibility index (Phi) is 7.73. The van der Waals surface area contributed by atoms with Crippen LogP contribution in [0.4, 0.5) is 19.0 Å². The summed E-state index contributed by atoms with van der Waals surface area (Å²) in [5, 5.41) is 11.1. The molecule has 7 nitrogen and oxygen atoms in total. The van der Waals surface area contributed by atoms with Crippen molar-refractivity contribution in [1.82, 2.24) is 19.9 Å². The number of nitrogens with zero attached hydrogens (tertiary/aromatic N) is 5. The molecule has 10 heteroatoms. The molecule has 0 amide bonds. The highest BCUT2D eigenvalue weighted by Gasteiger charge is 2.46. The number of aromatic nitrogens is 3. The molecule has 1 saturated carbocycles. The predicted molar refractivity (Wildman–Crippen MR) is 170 cm³/mol. The molecule has 1 spiro atoms. The molecular weight excluding hydrogens is 575 g/mol. The minimum absolute atomic E-state index is 0.200. The van der Waals surface area contributed by atoms with Crippen molar-refractivity contribution in [2.24, 2.45) is 17.1 Å². The first-order valence-electron chi connectivity index (χ1n) is 16.2. The first-order valence-corrected chi connectivity index (χ1v) is 16.2. The first kappa shape index (κ1) is 30.0. The highest BCUT2D eigenvalue weighted by molar-refractivity contribution is 5.91. The summed E-state index contributed by atoms with van der Waals surface area (Å²) in [6, 6.07) is 12.2. The number of anilines is 1. The van der Waals surface area contributed by atoms with Gasteiger partial charge in [-0.2, -0.15) is 18.4 Å². The van der Waals surface area contributed by atoms with Gasteiger partial charge in [-0.15, -0.1) is 0 Å². The molecule has 0 atom stereocenters. The fraction of sp³-hybridized carbons (Fsp3) is 0.514. The van der Waals surface area contributed by atoms with Crippen molar-refractivity contribution in [3.8, 4) is 6.07 Å². The Balaban J connectivity index is 1.04. The van der Waals surface area contributed by atoms with Gasteiger partial charge in [0.2, 0.25) is 0 Å². The third-order valence-electron chi connectivity index (χ3n) is 10.7. The number of piperidine rings is 1. The second kappa shape index (κ2) is 11.6. The maximum absolute atomic E-state index is 13.7. The monoisotopic (exact) mass is 615 g/mol. The number of hydrogen-bond acceptors (Lipinski definition) is 6. The molecule has 2 aliphatic heterocycles. The summed E-state index contributed by atoms with van der Waals surface area (Å²) in [4.78, 5) is 17.0. The molecule has 3 N–H and O–H groups in total. The van der Waals surface area contributed by atoms with Crippen molar-refractivity contribution in [2.45, 2.75) is 77.1 Å². The van der Waals surface area contributed by atoms with Gasteiger partial charge in [0.25, 0.3) is 0 Å². The number of aromatic amines is 1. The maximum atomic E-state index is 13.7. The minimum atomic E-state index is -4.28. The normalized spacial score (nSPS) is 22.2. The third-order valence-corrected chi connectivity index (χ3v) is 10.7. The molecule has 4 aromatic rings. The zero-order valence-corrected chi connectivity index (χ0v) is 25.8.